The number of nitrogens with one attached hydrogen (secondary N) is 1. The van der Waals surface area contributed by atoms with Crippen molar-refractivity contribution in [2.75, 3.05) is 6.61 Å². The lowest BCUT2D eigenvalue weighted by molar-refractivity contribution is 0.0955. The number of ether oxygens (including phenoxy) is 2. The SMILES string of the molecule is CCOc1cc(/C=N/NC(=O)c2ccccc2Cl)ccc1OCc1ccc(Cl)cc1. The van der Waals surface area contributed by atoms with Gasteiger partial charge in [-0.3, -0.25) is 4.79 Å². The van der Waals surface area contributed by atoms with Gasteiger partial charge in [-0.2, -0.15) is 5.10 Å². The molecular weight excluding hydrogens is 423 g/mol. The highest BCUT2D eigenvalue weighted by molar-refractivity contribution is 6.33. The highest BCUT2D eigenvalue weighted by atomic mass is 35.5. The van der Waals surface area contributed by atoms with E-state index >= 15 is 0 Å². The summed E-state index contributed by atoms with van der Waals surface area (Å²) in [5.74, 6) is 0.821. The maximum absolute atomic E-state index is 12.2. The van der Waals surface area contributed by atoms with E-state index in [1.807, 2.05) is 37.3 Å². The largest absolute Gasteiger partial charge is 0.490 e. The van der Waals surface area contributed by atoms with Crippen LogP contribution in [0.25, 0.3) is 0 Å². The third-order valence-corrected chi connectivity index (χ3v) is 4.65. The number of amides is 1. The summed E-state index contributed by atoms with van der Waals surface area (Å²) in [7, 11) is 0. The van der Waals surface area contributed by atoms with Gasteiger partial charge in [-0.25, -0.2) is 5.43 Å². The van der Waals surface area contributed by atoms with Crippen LogP contribution >= 0.6 is 23.2 Å². The summed E-state index contributed by atoms with van der Waals surface area (Å²) < 4.78 is 11.6. The van der Waals surface area contributed by atoms with Crippen LogP contribution in [0.1, 0.15) is 28.4 Å². The van der Waals surface area contributed by atoms with Crippen molar-refractivity contribution < 1.29 is 14.3 Å². The van der Waals surface area contributed by atoms with Crippen molar-refractivity contribution in [3.05, 3.63) is 93.5 Å². The van der Waals surface area contributed by atoms with Crippen molar-refractivity contribution in [1.82, 2.24) is 5.43 Å². The number of benzene rings is 3. The molecule has 3 aromatic rings. The predicted octanol–water partition coefficient (Wildman–Crippen LogP) is 5.74. The van der Waals surface area contributed by atoms with Gasteiger partial charge >= 0.3 is 0 Å². The summed E-state index contributed by atoms with van der Waals surface area (Å²) in [5, 5.41) is 5.05. The minimum absolute atomic E-state index is 0.359. The van der Waals surface area contributed by atoms with Crippen molar-refractivity contribution in [2.45, 2.75) is 13.5 Å². The van der Waals surface area contributed by atoms with E-state index in [0.717, 1.165) is 11.1 Å². The van der Waals surface area contributed by atoms with Gasteiger partial charge in [0.25, 0.3) is 5.91 Å². The standard InChI is InChI=1S/C23H20Cl2N2O3/c1-2-29-22-13-17(14-26-27-23(28)19-5-3-4-6-20(19)25)9-12-21(22)30-15-16-7-10-18(24)11-8-16/h3-14H,2,15H2,1H3,(H,27,28)/b26-14+. The van der Waals surface area contributed by atoms with Gasteiger partial charge in [0.05, 0.1) is 23.4 Å². The number of hydrogen-bond donors (Lipinski definition) is 1. The van der Waals surface area contributed by atoms with E-state index in [4.69, 9.17) is 32.7 Å². The number of halogens is 2. The van der Waals surface area contributed by atoms with Gasteiger partial charge in [-0.05, 0) is 60.5 Å². The number of hydrogen-bond acceptors (Lipinski definition) is 4. The van der Waals surface area contributed by atoms with E-state index in [2.05, 4.69) is 10.5 Å². The molecular formula is C23H20Cl2N2O3. The molecule has 1 N–H and O–H groups in total. The molecule has 0 spiro atoms. The maximum Gasteiger partial charge on any atom is 0.272 e. The Kier molecular flexibility index (Phi) is 7.71. The quantitative estimate of drug-likeness (QED) is 0.357. The fraction of sp³-hybridized carbons (Fsp3) is 0.130. The van der Waals surface area contributed by atoms with Gasteiger partial charge in [-0.15, -0.1) is 0 Å². The first kappa shape index (κ1) is 21.7. The highest BCUT2D eigenvalue weighted by Gasteiger charge is 2.09. The zero-order valence-corrected chi connectivity index (χ0v) is 17.8. The van der Waals surface area contributed by atoms with Gasteiger partial charge in [0.15, 0.2) is 11.5 Å². The third kappa shape index (κ3) is 5.99. The molecule has 0 aromatic heterocycles. The summed E-state index contributed by atoms with van der Waals surface area (Å²) in [6.07, 6.45) is 1.53. The van der Waals surface area contributed by atoms with E-state index in [9.17, 15) is 4.79 Å². The normalized spacial score (nSPS) is 10.8. The molecule has 1 amide bonds. The molecule has 3 rings (SSSR count). The van der Waals surface area contributed by atoms with Crippen LogP contribution in [0.2, 0.25) is 10.0 Å². The molecule has 0 unspecified atom stereocenters. The van der Waals surface area contributed by atoms with Crippen molar-refractivity contribution in [3.8, 4) is 11.5 Å². The first-order valence-corrected chi connectivity index (χ1v) is 10.0. The molecule has 0 heterocycles. The fourth-order valence-electron chi connectivity index (χ4n) is 2.61. The van der Waals surface area contributed by atoms with E-state index in [1.165, 1.54) is 6.21 Å². The Morgan fingerprint density at radius 3 is 2.50 bits per heavy atom. The Morgan fingerprint density at radius 2 is 1.77 bits per heavy atom. The molecule has 0 aliphatic carbocycles. The van der Waals surface area contributed by atoms with Crippen LogP contribution in [0.3, 0.4) is 0 Å². The second kappa shape index (κ2) is 10.7. The van der Waals surface area contributed by atoms with Gasteiger partial charge in [0.1, 0.15) is 6.61 Å². The van der Waals surface area contributed by atoms with Gasteiger partial charge in [-0.1, -0.05) is 47.5 Å². The number of nitrogens with zero attached hydrogens (tertiary/aromatic N) is 1. The Balaban J connectivity index is 1.66. The second-order valence-corrected chi connectivity index (χ2v) is 7.08. The van der Waals surface area contributed by atoms with Gasteiger partial charge in [0.2, 0.25) is 0 Å². The summed E-state index contributed by atoms with van der Waals surface area (Å²) in [6.45, 7) is 2.77. The Bertz CT molecular complexity index is 1040. The smallest absolute Gasteiger partial charge is 0.272 e. The summed E-state index contributed by atoms with van der Waals surface area (Å²) in [6, 6.07) is 19.7. The van der Waals surface area contributed by atoms with Crippen molar-refractivity contribution >= 4 is 35.3 Å². The Morgan fingerprint density at radius 1 is 1.00 bits per heavy atom. The molecule has 5 nitrogen and oxygen atoms in total. The average Bonchev–Trinajstić information content (AvgIpc) is 2.75. The van der Waals surface area contributed by atoms with E-state index < -0.39 is 0 Å². The molecule has 0 saturated carbocycles. The van der Waals surface area contributed by atoms with Crippen LogP contribution in [-0.4, -0.2) is 18.7 Å². The fourth-order valence-corrected chi connectivity index (χ4v) is 2.95. The lowest BCUT2D eigenvalue weighted by Gasteiger charge is -2.12. The Labute approximate surface area is 185 Å². The zero-order chi connectivity index (χ0) is 21.3. The first-order valence-electron chi connectivity index (χ1n) is 9.29. The monoisotopic (exact) mass is 442 g/mol. The molecule has 0 aliphatic rings. The molecule has 154 valence electrons. The molecule has 30 heavy (non-hydrogen) atoms. The van der Waals surface area contributed by atoms with Crippen LogP contribution in [0.5, 0.6) is 11.5 Å². The summed E-state index contributed by atoms with van der Waals surface area (Å²) in [4.78, 5) is 12.2. The number of carbonyl (C=O) groups excluding carboxylic acids is 1. The van der Waals surface area contributed by atoms with Crippen molar-refractivity contribution in [1.29, 1.82) is 0 Å². The topological polar surface area (TPSA) is 59.9 Å². The van der Waals surface area contributed by atoms with E-state index in [0.29, 0.717) is 40.3 Å². The third-order valence-electron chi connectivity index (χ3n) is 4.07. The van der Waals surface area contributed by atoms with E-state index in [-0.39, 0.29) is 5.91 Å². The molecule has 3 aromatic carbocycles. The molecule has 0 aliphatic heterocycles. The maximum atomic E-state index is 12.2. The lowest BCUT2D eigenvalue weighted by atomic mass is 10.2. The molecule has 0 bridgehead atoms. The molecule has 0 fully saturated rings. The first-order chi connectivity index (χ1) is 14.6. The van der Waals surface area contributed by atoms with Crippen molar-refractivity contribution in [2.24, 2.45) is 5.10 Å². The molecule has 0 saturated heterocycles. The molecule has 7 heteroatoms. The van der Waals surface area contributed by atoms with Crippen LogP contribution in [-0.2, 0) is 6.61 Å². The Hall–Kier alpha value is -3.02. The van der Waals surface area contributed by atoms with Crippen LogP contribution in [0.4, 0.5) is 0 Å². The minimum atomic E-state index is -0.384. The zero-order valence-electron chi connectivity index (χ0n) is 16.3. The van der Waals surface area contributed by atoms with E-state index in [1.54, 1.807) is 36.4 Å². The lowest BCUT2D eigenvalue weighted by Crippen LogP contribution is -2.17. The predicted molar refractivity (Wildman–Crippen MR) is 120 cm³/mol. The van der Waals surface area contributed by atoms with Crippen LogP contribution in [0, 0.1) is 0 Å². The minimum Gasteiger partial charge on any atom is -0.490 e. The average molecular weight is 443 g/mol. The molecule has 0 radical (unpaired) electrons. The highest BCUT2D eigenvalue weighted by Crippen LogP contribution is 2.29. The van der Waals surface area contributed by atoms with Gasteiger partial charge in [0, 0.05) is 5.02 Å². The van der Waals surface area contributed by atoms with Crippen LogP contribution < -0.4 is 14.9 Å². The second-order valence-electron chi connectivity index (χ2n) is 6.23. The van der Waals surface area contributed by atoms with Crippen LogP contribution in [0.15, 0.2) is 71.8 Å². The summed E-state index contributed by atoms with van der Waals surface area (Å²) >= 11 is 11.9. The molecule has 0 atom stereocenters. The number of rotatable bonds is 8. The van der Waals surface area contributed by atoms with Crippen molar-refractivity contribution in [3.63, 3.8) is 0 Å². The number of carbonyl (C=O) groups is 1. The van der Waals surface area contributed by atoms with Gasteiger partial charge < -0.3 is 9.47 Å². The number of hydrazone groups is 1. The summed E-state index contributed by atoms with van der Waals surface area (Å²) in [5.41, 5.74) is 4.57.